The fraction of sp³-hybridized carbons (Fsp3) is 0.297. The van der Waals surface area contributed by atoms with E-state index in [-0.39, 0.29) is 18.8 Å². The Morgan fingerprint density at radius 3 is 1.89 bits per heavy atom. The maximum atomic E-state index is 13.5. The number of rotatable bonds is 8. The zero-order chi connectivity index (χ0) is 32.0. The zero-order valence-corrected chi connectivity index (χ0v) is 26.2. The van der Waals surface area contributed by atoms with Crippen LogP contribution in [0.2, 0.25) is 0 Å². The van der Waals surface area contributed by atoms with Crippen LogP contribution in [0.3, 0.4) is 0 Å². The van der Waals surface area contributed by atoms with Crippen molar-refractivity contribution < 1.29 is 23.9 Å². The quantitative estimate of drug-likeness (QED) is 0.130. The standard InChI is InChI=1S/C37H39N3O5/c1-5-44-34(42)25-32-24-31(38-40(32)35(43)45-36(2,3)4)23-27-26-39(22-21-33(27)41)37(28-15-9-6-10-16-28,29-17-11-7-12-18-29)30-19-13-8-14-20-30/h6-20,23-24H,5,21-22,25-26H2,1-4H3. The van der Waals surface area contributed by atoms with Gasteiger partial charge in [-0.05, 0) is 56.5 Å². The fourth-order valence-electron chi connectivity index (χ4n) is 5.91. The second-order valence-electron chi connectivity index (χ2n) is 12.0. The van der Waals surface area contributed by atoms with Gasteiger partial charge in [-0.3, -0.25) is 14.5 Å². The maximum absolute atomic E-state index is 13.5. The lowest BCUT2D eigenvalue weighted by Gasteiger charge is -2.47. The summed E-state index contributed by atoms with van der Waals surface area (Å²) >= 11 is 0. The number of Topliss-reactive ketones (excluding diaryl/α,β-unsaturated/α-hetero) is 1. The third-order valence-corrected chi connectivity index (χ3v) is 7.70. The predicted octanol–water partition coefficient (Wildman–Crippen LogP) is 6.42. The molecule has 0 amide bonds. The number of aromatic nitrogens is 2. The number of benzene rings is 3. The Kier molecular flexibility index (Phi) is 9.44. The van der Waals surface area contributed by atoms with Gasteiger partial charge in [0, 0.05) is 25.1 Å². The summed E-state index contributed by atoms with van der Waals surface area (Å²) in [6, 6.07) is 32.7. The van der Waals surface area contributed by atoms with Gasteiger partial charge in [0.05, 0.1) is 30.0 Å². The molecule has 0 N–H and O–H groups in total. The van der Waals surface area contributed by atoms with Crippen molar-refractivity contribution in [3.63, 3.8) is 0 Å². The van der Waals surface area contributed by atoms with E-state index in [1.54, 1.807) is 39.8 Å². The molecule has 5 rings (SSSR count). The smallest absolute Gasteiger partial charge is 0.435 e. The van der Waals surface area contributed by atoms with E-state index in [4.69, 9.17) is 9.47 Å². The molecule has 8 heteroatoms. The summed E-state index contributed by atoms with van der Waals surface area (Å²) in [5, 5.41) is 4.48. The molecule has 0 radical (unpaired) electrons. The lowest BCUT2D eigenvalue weighted by molar-refractivity contribution is -0.142. The van der Waals surface area contributed by atoms with Gasteiger partial charge in [0.1, 0.15) is 5.60 Å². The van der Waals surface area contributed by atoms with Crippen LogP contribution in [-0.2, 0) is 31.0 Å². The van der Waals surface area contributed by atoms with E-state index in [0.29, 0.717) is 36.5 Å². The van der Waals surface area contributed by atoms with Crippen molar-refractivity contribution in [1.29, 1.82) is 0 Å². The van der Waals surface area contributed by atoms with E-state index in [1.807, 2.05) is 54.6 Å². The highest BCUT2D eigenvalue weighted by atomic mass is 16.6. The van der Waals surface area contributed by atoms with Gasteiger partial charge in [-0.25, -0.2) is 4.79 Å². The molecule has 1 aliphatic rings. The zero-order valence-electron chi connectivity index (χ0n) is 26.2. The lowest BCUT2D eigenvalue weighted by Crippen LogP contribution is -2.52. The predicted molar refractivity (Wildman–Crippen MR) is 173 cm³/mol. The molecule has 0 spiro atoms. The Morgan fingerprint density at radius 1 is 0.867 bits per heavy atom. The molecule has 3 aromatic carbocycles. The molecular formula is C37H39N3O5. The third-order valence-electron chi connectivity index (χ3n) is 7.70. The lowest BCUT2D eigenvalue weighted by atomic mass is 9.74. The van der Waals surface area contributed by atoms with Crippen LogP contribution in [0, 0.1) is 0 Å². The van der Waals surface area contributed by atoms with Gasteiger partial charge in [0.25, 0.3) is 0 Å². The number of piperidine rings is 1. The normalized spacial score (nSPS) is 15.2. The van der Waals surface area contributed by atoms with Crippen LogP contribution in [-0.4, -0.2) is 57.8 Å². The molecule has 1 fully saturated rings. The number of ether oxygens (including phenoxy) is 2. The first-order chi connectivity index (χ1) is 21.6. The molecule has 0 atom stereocenters. The number of ketones is 1. The van der Waals surface area contributed by atoms with Gasteiger partial charge in [0.2, 0.25) is 0 Å². The minimum absolute atomic E-state index is 0.00750. The molecule has 0 unspecified atom stereocenters. The van der Waals surface area contributed by atoms with Crippen LogP contribution >= 0.6 is 0 Å². The second-order valence-corrected chi connectivity index (χ2v) is 12.0. The SMILES string of the molecule is CCOC(=O)Cc1cc(C=C2CN(C(c3ccccc3)(c3ccccc3)c3ccccc3)CCC2=O)nn1C(=O)OC(C)(C)C. The molecule has 1 saturated heterocycles. The second kappa shape index (κ2) is 13.4. The highest BCUT2D eigenvalue weighted by molar-refractivity contribution is 6.00. The highest BCUT2D eigenvalue weighted by Gasteiger charge is 2.44. The first kappa shape index (κ1) is 31.6. The molecule has 0 saturated carbocycles. The Labute approximate surface area is 264 Å². The van der Waals surface area contributed by atoms with E-state index in [1.165, 1.54) is 0 Å². The van der Waals surface area contributed by atoms with Crippen molar-refractivity contribution in [3.05, 3.63) is 131 Å². The number of likely N-dealkylation sites (tertiary alicyclic amines) is 1. The van der Waals surface area contributed by atoms with Gasteiger partial charge in [-0.15, -0.1) is 0 Å². The summed E-state index contributed by atoms with van der Waals surface area (Å²) in [4.78, 5) is 41.3. The molecule has 0 bridgehead atoms. The number of esters is 1. The summed E-state index contributed by atoms with van der Waals surface area (Å²) < 4.78 is 11.8. The summed E-state index contributed by atoms with van der Waals surface area (Å²) in [7, 11) is 0. The fourth-order valence-corrected chi connectivity index (χ4v) is 5.91. The number of hydrogen-bond donors (Lipinski definition) is 0. The highest BCUT2D eigenvalue weighted by Crippen LogP contribution is 2.44. The first-order valence-corrected chi connectivity index (χ1v) is 15.2. The van der Waals surface area contributed by atoms with Crippen LogP contribution < -0.4 is 0 Å². The van der Waals surface area contributed by atoms with E-state index in [2.05, 4.69) is 46.4 Å². The Hall–Kier alpha value is -4.82. The van der Waals surface area contributed by atoms with Crippen molar-refractivity contribution >= 4 is 23.9 Å². The van der Waals surface area contributed by atoms with Crippen molar-refractivity contribution in [3.8, 4) is 0 Å². The molecule has 232 valence electrons. The average Bonchev–Trinajstić information content (AvgIpc) is 3.42. The summed E-state index contributed by atoms with van der Waals surface area (Å²) in [6.45, 7) is 8.09. The molecular weight excluding hydrogens is 566 g/mol. The van der Waals surface area contributed by atoms with Crippen molar-refractivity contribution in [2.75, 3.05) is 19.7 Å². The molecule has 45 heavy (non-hydrogen) atoms. The molecule has 2 heterocycles. The van der Waals surface area contributed by atoms with Crippen LogP contribution in [0.25, 0.3) is 6.08 Å². The first-order valence-electron chi connectivity index (χ1n) is 15.2. The summed E-state index contributed by atoms with van der Waals surface area (Å²) in [6.07, 6.45) is 1.15. The van der Waals surface area contributed by atoms with E-state index < -0.39 is 23.2 Å². The van der Waals surface area contributed by atoms with Crippen LogP contribution in [0.15, 0.2) is 103 Å². The van der Waals surface area contributed by atoms with Gasteiger partial charge in [-0.2, -0.15) is 9.78 Å². The van der Waals surface area contributed by atoms with Crippen LogP contribution in [0.4, 0.5) is 4.79 Å². The molecule has 1 aromatic heterocycles. The Bertz CT molecular complexity index is 1570. The number of carbonyl (C=O) groups is 3. The third kappa shape index (κ3) is 6.97. The number of nitrogens with zero attached hydrogens (tertiary/aromatic N) is 3. The molecule has 0 aliphatic carbocycles. The summed E-state index contributed by atoms with van der Waals surface area (Å²) in [5.74, 6) is -0.479. The number of hydrogen-bond acceptors (Lipinski definition) is 7. The maximum Gasteiger partial charge on any atom is 0.435 e. The van der Waals surface area contributed by atoms with Gasteiger partial charge in [-0.1, -0.05) is 91.0 Å². The topological polar surface area (TPSA) is 90.7 Å². The molecule has 8 nitrogen and oxygen atoms in total. The Morgan fingerprint density at radius 2 is 1.40 bits per heavy atom. The van der Waals surface area contributed by atoms with Gasteiger partial charge >= 0.3 is 12.1 Å². The van der Waals surface area contributed by atoms with Crippen LogP contribution in [0.1, 0.15) is 62.2 Å². The average molecular weight is 606 g/mol. The monoisotopic (exact) mass is 605 g/mol. The van der Waals surface area contributed by atoms with Crippen molar-refractivity contribution in [1.82, 2.24) is 14.7 Å². The van der Waals surface area contributed by atoms with E-state index in [9.17, 15) is 14.4 Å². The minimum Gasteiger partial charge on any atom is -0.466 e. The summed E-state index contributed by atoms with van der Waals surface area (Å²) in [5.41, 5.74) is 3.07. The van der Waals surface area contributed by atoms with Crippen LogP contribution in [0.5, 0.6) is 0 Å². The van der Waals surface area contributed by atoms with E-state index in [0.717, 1.165) is 21.4 Å². The van der Waals surface area contributed by atoms with E-state index >= 15 is 0 Å². The molecule has 1 aliphatic heterocycles. The van der Waals surface area contributed by atoms with Gasteiger partial charge < -0.3 is 9.47 Å². The minimum atomic E-state index is -0.766. The largest absolute Gasteiger partial charge is 0.466 e. The number of carbonyl (C=O) groups excluding carboxylic acids is 3. The van der Waals surface area contributed by atoms with Gasteiger partial charge in [0.15, 0.2) is 5.78 Å². The Balaban J connectivity index is 1.60. The van der Waals surface area contributed by atoms with Crippen molar-refractivity contribution in [2.24, 2.45) is 0 Å². The molecule has 4 aromatic rings. The van der Waals surface area contributed by atoms with Crippen molar-refractivity contribution in [2.45, 2.75) is 51.7 Å².